The van der Waals surface area contributed by atoms with Crippen LogP contribution in [0.1, 0.15) is 96.2 Å². The van der Waals surface area contributed by atoms with Crippen LogP contribution in [0.15, 0.2) is 6.20 Å². The van der Waals surface area contributed by atoms with Gasteiger partial charge in [0.2, 0.25) is 0 Å². The van der Waals surface area contributed by atoms with Crippen molar-refractivity contribution in [1.29, 1.82) is 5.26 Å². The van der Waals surface area contributed by atoms with Crippen LogP contribution in [0.3, 0.4) is 0 Å². The molecule has 3 aliphatic carbocycles. The summed E-state index contributed by atoms with van der Waals surface area (Å²) in [6.07, 6.45) is 12.6. The molecule has 0 aromatic carbocycles. The van der Waals surface area contributed by atoms with E-state index in [1.165, 1.54) is 47.7 Å². The van der Waals surface area contributed by atoms with Crippen molar-refractivity contribution in [2.24, 2.45) is 0 Å². The topological polar surface area (TPSA) is 74.5 Å². The third-order valence-corrected chi connectivity index (χ3v) is 7.15. The lowest BCUT2D eigenvalue weighted by atomic mass is 9.97. The zero-order chi connectivity index (χ0) is 17.5. The van der Waals surface area contributed by atoms with Gasteiger partial charge in [-0.25, -0.2) is 15.0 Å². The highest BCUT2D eigenvalue weighted by Crippen LogP contribution is 2.42. The number of thiazole rings is 1. The number of nitriles is 1. The van der Waals surface area contributed by atoms with Crippen molar-refractivity contribution in [3.05, 3.63) is 33.2 Å². The van der Waals surface area contributed by atoms with E-state index in [4.69, 9.17) is 4.98 Å². The Balaban J connectivity index is 1.43. The molecule has 0 amide bonds. The second-order valence-corrected chi connectivity index (χ2v) is 8.92. The molecule has 134 valence electrons. The van der Waals surface area contributed by atoms with Crippen LogP contribution in [0.5, 0.6) is 0 Å². The van der Waals surface area contributed by atoms with Gasteiger partial charge in [-0.05, 0) is 44.9 Å². The maximum absolute atomic E-state index is 9.45. The Labute approximate surface area is 157 Å². The van der Waals surface area contributed by atoms with Crippen LogP contribution in [0.4, 0.5) is 5.82 Å². The highest BCUT2D eigenvalue weighted by Gasteiger charge is 2.30. The van der Waals surface area contributed by atoms with Gasteiger partial charge in [0.05, 0.1) is 22.9 Å². The molecule has 0 radical (unpaired) electrons. The fourth-order valence-corrected chi connectivity index (χ4v) is 5.55. The highest BCUT2D eigenvalue weighted by atomic mass is 32.1. The van der Waals surface area contributed by atoms with Crippen molar-refractivity contribution in [1.82, 2.24) is 15.0 Å². The first-order valence-electron chi connectivity index (χ1n) is 9.85. The first kappa shape index (κ1) is 16.2. The predicted octanol–water partition coefficient (Wildman–Crippen LogP) is 4.83. The number of nitrogens with zero attached hydrogens (tertiary/aromatic N) is 4. The van der Waals surface area contributed by atoms with Gasteiger partial charge < -0.3 is 5.32 Å². The van der Waals surface area contributed by atoms with Crippen LogP contribution in [-0.2, 0) is 6.42 Å². The summed E-state index contributed by atoms with van der Waals surface area (Å²) < 4.78 is 0. The highest BCUT2D eigenvalue weighted by molar-refractivity contribution is 7.11. The number of anilines is 1. The van der Waals surface area contributed by atoms with E-state index in [1.807, 2.05) is 11.3 Å². The SMILES string of the molecule is N#Cc1cnc(C2CC2)nc1NC1CCCc2sc(C3CCCC3)nc21. The minimum absolute atomic E-state index is 0.166. The van der Waals surface area contributed by atoms with Crippen LogP contribution in [-0.4, -0.2) is 15.0 Å². The van der Waals surface area contributed by atoms with Crippen molar-refractivity contribution >= 4 is 17.2 Å². The standard InChI is InChI=1S/C20H23N5S/c21-10-14-11-22-18(12-8-9-12)25-19(14)23-15-6-3-7-16-17(15)24-20(26-16)13-4-1-2-5-13/h11-13,15H,1-9H2,(H,22,23,25). The lowest BCUT2D eigenvalue weighted by Crippen LogP contribution is -2.19. The molecule has 0 saturated heterocycles. The van der Waals surface area contributed by atoms with Gasteiger partial charge in [0.25, 0.3) is 0 Å². The van der Waals surface area contributed by atoms with Gasteiger partial charge in [0.1, 0.15) is 23.3 Å². The quantitative estimate of drug-likeness (QED) is 0.840. The summed E-state index contributed by atoms with van der Waals surface area (Å²) in [4.78, 5) is 15.6. The number of fused-ring (bicyclic) bond motifs is 1. The molecule has 0 aliphatic heterocycles. The van der Waals surface area contributed by atoms with Gasteiger partial charge in [-0.2, -0.15) is 5.26 Å². The zero-order valence-electron chi connectivity index (χ0n) is 14.9. The zero-order valence-corrected chi connectivity index (χ0v) is 15.7. The molecule has 1 unspecified atom stereocenters. The summed E-state index contributed by atoms with van der Waals surface area (Å²) in [5.41, 5.74) is 1.74. The second kappa shape index (κ2) is 6.62. The average molecular weight is 366 g/mol. The van der Waals surface area contributed by atoms with Crippen molar-refractivity contribution in [3.63, 3.8) is 0 Å². The first-order chi connectivity index (χ1) is 12.8. The van der Waals surface area contributed by atoms with E-state index in [-0.39, 0.29) is 6.04 Å². The second-order valence-electron chi connectivity index (χ2n) is 7.81. The lowest BCUT2D eigenvalue weighted by molar-refractivity contribution is 0.587. The summed E-state index contributed by atoms with van der Waals surface area (Å²) in [6.45, 7) is 0. The molecule has 2 aromatic heterocycles. The first-order valence-corrected chi connectivity index (χ1v) is 10.7. The molecule has 5 nitrogen and oxygen atoms in total. The average Bonchev–Trinajstić information content (AvgIpc) is 3.18. The third kappa shape index (κ3) is 2.99. The Kier molecular flexibility index (Phi) is 4.12. The van der Waals surface area contributed by atoms with Crippen LogP contribution in [0.25, 0.3) is 0 Å². The molecule has 0 spiro atoms. The van der Waals surface area contributed by atoms with Crippen molar-refractivity contribution < 1.29 is 0 Å². The van der Waals surface area contributed by atoms with Gasteiger partial charge in [-0.15, -0.1) is 11.3 Å². The lowest BCUT2D eigenvalue weighted by Gasteiger charge is -2.23. The number of nitrogens with one attached hydrogen (secondary N) is 1. The molecule has 2 fully saturated rings. The van der Waals surface area contributed by atoms with Crippen LogP contribution < -0.4 is 5.32 Å². The summed E-state index contributed by atoms with van der Waals surface area (Å²) in [7, 11) is 0. The summed E-state index contributed by atoms with van der Waals surface area (Å²) in [5.74, 6) is 2.73. The molecule has 1 atom stereocenters. The number of aromatic nitrogens is 3. The number of rotatable bonds is 4. The molecule has 5 rings (SSSR count). The molecule has 1 N–H and O–H groups in total. The van der Waals surface area contributed by atoms with E-state index < -0.39 is 0 Å². The maximum atomic E-state index is 9.45. The fourth-order valence-electron chi connectivity index (χ4n) is 4.22. The Bertz CT molecular complexity index is 858. The van der Waals surface area contributed by atoms with E-state index in [1.54, 1.807) is 6.20 Å². The van der Waals surface area contributed by atoms with E-state index in [0.29, 0.717) is 23.2 Å². The van der Waals surface area contributed by atoms with Crippen LogP contribution in [0, 0.1) is 11.3 Å². The van der Waals surface area contributed by atoms with E-state index >= 15 is 0 Å². The summed E-state index contributed by atoms with van der Waals surface area (Å²) >= 11 is 1.93. The van der Waals surface area contributed by atoms with E-state index in [9.17, 15) is 5.26 Å². The molecule has 3 aliphatic rings. The van der Waals surface area contributed by atoms with Gasteiger partial charge >= 0.3 is 0 Å². The normalized spacial score (nSPS) is 22.8. The molecule has 2 heterocycles. The van der Waals surface area contributed by atoms with Crippen LogP contribution >= 0.6 is 11.3 Å². The molecule has 6 heteroatoms. The Morgan fingerprint density at radius 2 is 1.88 bits per heavy atom. The number of hydrogen-bond donors (Lipinski definition) is 1. The van der Waals surface area contributed by atoms with Gasteiger partial charge in [0, 0.05) is 16.7 Å². The minimum atomic E-state index is 0.166. The molecular formula is C20H23N5S. The fraction of sp³-hybridized carbons (Fsp3) is 0.600. The van der Waals surface area contributed by atoms with Gasteiger partial charge in [-0.1, -0.05) is 12.8 Å². The van der Waals surface area contributed by atoms with E-state index in [2.05, 4.69) is 21.4 Å². The largest absolute Gasteiger partial charge is 0.360 e. The van der Waals surface area contributed by atoms with Crippen molar-refractivity contribution in [3.8, 4) is 6.07 Å². The Morgan fingerprint density at radius 1 is 1.04 bits per heavy atom. The van der Waals surface area contributed by atoms with E-state index in [0.717, 1.165) is 31.5 Å². The minimum Gasteiger partial charge on any atom is -0.360 e. The third-order valence-electron chi connectivity index (χ3n) is 5.86. The maximum Gasteiger partial charge on any atom is 0.148 e. The monoisotopic (exact) mass is 365 g/mol. The summed E-state index contributed by atoms with van der Waals surface area (Å²) in [5, 5.41) is 14.3. The number of hydrogen-bond acceptors (Lipinski definition) is 6. The molecule has 26 heavy (non-hydrogen) atoms. The smallest absolute Gasteiger partial charge is 0.148 e. The molecular weight excluding hydrogens is 342 g/mol. The number of aryl methyl sites for hydroxylation is 1. The van der Waals surface area contributed by atoms with Crippen molar-refractivity contribution in [2.45, 2.75) is 75.7 Å². The van der Waals surface area contributed by atoms with Crippen LogP contribution in [0.2, 0.25) is 0 Å². The Hall–Kier alpha value is -2.00. The molecule has 0 bridgehead atoms. The predicted molar refractivity (Wildman–Crippen MR) is 101 cm³/mol. The Morgan fingerprint density at radius 3 is 2.65 bits per heavy atom. The molecule has 2 aromatic rings. The van der Waals surface area contributed by atoms with Gasteiger partial charge in [0.15, 0.2) is 0 Å². The van der Waals surface area contributed by atoms with Crippen molar-refractivity contribution in [2.75, 3.05) is 5.32 Å². The molecule has 2 saturated carbocycles. The van der Waals surface area contributed by atoms with Gasteiger partial charge in [-0.3, -0.25) is 0 Å². The summed E-state index contributed by atoms with van der Waals surface area (Å²) in [6, 6.07) is 2.41.